The maximum absolute atomic E-state index is 11.5. The van der Waals surface area contributed by atoms with Gasteiger partial charge in [-0.15, -0.1) is 0 Å². The van der Waals surface area contributed by atoms with E-state index in [0.717, 1.165) is 24.2 Å². The van der Waals surface area contributed by atoms with Crippen LogP contribution in [0.25, 0.3) is 11.6 Å². The summed E-state index contributed by atoms with van der Waals surface area (Å²) in [5.74, 6) is 1.61. The molecule has 0 aromatic carbocycles. The van der Waals surface area contributed by atoms with Crippen molar-refractivity contribution >= 4 is 9.84 Å². The lowest BCUT2D eigenvalue weighted by Crippen LogP contribution is -2.11. The number of nitrogens with zero attached hydrogens (tertiary/aromatic N) is 3. The second-order valence-electron chi connectivity index (χ2n) is 5.13. The fraction of sp³-hybridized carbons (Fsp3) is 0.500. The molecule has 0 saturated heterocycles. The van der Waals surface area contributed by atoms with Crippen molar-refractivity contribution in [1.29, 1.82) is 0 Å². The number of aromatic nitrogens is 3. The number of sulfone groups is 1. The Morgan fingerprint density at radius 2 is 2.23 bits per heavy atom. The molecule has 2 aromatic rings. The summed E-state index contributed by atoms with van der Waals surface area (Å²) < 4.78 is 33.7. The molecular weight excluding hydrogens is 306 g/mol. The lowest BCUT2D eigenvalue weighted by Gasteiger charge is -2.16. The van der Waals surface area contributed by atoms with E-state index in [-0.39, 0.29) is 17.9 Å². The van der Waals surface area contributed by atoms with Gasteiger partial charge in [0.2, 0.25) is 0 Å². The molecule has 0 N–H and O–H groups in total. The first-order chi connectivity index (χ1) is 10.6. The van der Waals surface area contributed by atoms with Gasteiger partial charge in [-0.25, -0.2) is 13.4 Å². The standard InChI is InChI=1S/C14H17N3O4S/c1-2-22(18,19)7-5-13-16-14(21-17-13)11-8-10-4-3-6-20-12(10)9-15-11/h8-9H,2-7H2,1H3. The Bertz CT molecular complexity index is 770. The van der Waals surface area contributed by atoms with E-state index in [4.69, 9.17) is 9.26 Å². The molecule has 0 unspecified atom stereocenters. The predicted molar refractivity (Wildman–Crippen MR) is 79.4 cm³/mol. The van der Waals surface area contributed by atoms with E-state index in [9.17, 15) is 8.42 Å². The highest BCUT2D eigenvalue weighted by Gasteiger charge is 2.17. The predicted octanol–water partition coefficient (Wildman–Crippen LogP) is 1.43. The van der Waals surface area contributed by atoms with E-state index in [1.807, 2.05) is 6.07 Å². The number of hydrogen-bond acceptors (Lipinski definition) is 7. The molecule has 0 aliphatic carbocycles. The summed E-state index contributed by atoms with van der Waals surface area (Å²) in [5, 5.41) is 3.82. The molecule has 0 spiro atoms. The summed E-state index contributed by atoms with van der Waals surface area (Å²) in [5.41, 5.74) is 1.66. The third kappa shape index (κ3) is 3.27. The van der Waals surface area contributed by atoms with Crippen molar-refractivity contribution in [3.05, 3.63) is 23.7 Å². The van der Waals surface area contributed by atoms with Gasteiger partial charge in [-0.1, -0.05) is 12.1 Å². The highest BCUT2D eigenvalue weighted by atomic mass is 32.2. The Labute approximate surface area is 128 Å². The smallest absolute Gasteiger partial charge is 0.276 e. The molecule has 0 saturated carbocycles. The zero-order valence-corrected chi connectivity index (χ0v) is 13.1. The zero-order valence-electron chi connectivity index (χ0n) is 12.3. The SMILES string of the molecule is CCS(=O)(=O)CCc1noc(-c2cc3c(cn2)OCCC3)n1. The van der Waals surface area contributed by atoms with Crippen LogP contribution in [0.4, 0.5) is 0 Å². The fourth-order valence-corrected chi connectivity index (χ4v) is 3.00. The minimum atomic E-state index is -3.04. The molecule has 1 aliphatic rings. The molecule has 0 atom stereocenters. The highest BCUT2D eigenvalue weighted by Crippen LogP contribution is 2.27. The molecule has 118 valence electrons. The normalized spacial score (nSPS) is 14.4. The molecule has 1 aliphatic heterocycles. The van der Waals surface area contributed by atoms with Crippen molar-refractivity contribution in [3.8, 4) is 17.3 Å². The van der Waals surface area contributed by atoms with Gasteiger partial charge in [-0.3, -0.25) is 0 Å². The summed E-state index contributed by atoms with van der Waals surface area (Å²) in [7, 11) is -3.04. The van der Waals surface area contributed by atoms with Crippen LogP contribution in [0.2, 0.25) is 0 Å². The van der Waals surface area contributed by atoms with Crippen LogP contribution in [0.3, 0.4) is 0 Å². The van der Waals surface area contributed by atoms with Gasteiger partial charge in [0, 0.05) is 12.2 Å². The van der Waals surface area contributed by atoms with Crippen LogP contribution in [-0.2, 0) is 22.7 Å². The molecule has 0 amide bonds. The van der Waals surface area contributed by atoms with Gasteiger partial charge in [0.25, 0.3) is 5.89 Å². The van der Waals surface area contributed by atoms with Crippen LogP contribution in [0.15, 0.2) is 16.8 Å². The fourth-order valence-electron chi connectivity index (χ4n) is 2.22. The lowest BCUT2D eigenvalue weighted by molar-refractivity contribution is 0.287. The maximum atomic E-state index is 11.5. The van der Waals surface area contributed by atoms with Gasteiger partial charge < -0.3 is 9.26 Å². The Balaban J connectivity index is 1.76. The number of rotatable bonds is 5. The van der Waals surface area contributed by atoms with E-state index in [0.29, 0.717) is 24.0 Å². The van der Waals surface area contributed by atoms with E-state index >= 15 is 0 Å². The molecule has 0 radical (unpaired) electrons. The van der Waals surface area contributed by atoms with Gasteiger partial charge in [-0.05, 0) is 24.5 Å². The van der Waals surface area contributed by atoms with Crippen LogP contribution in [0, 0.1) is 0 Å². The lowest BCUT2D eigenvalue weighted by atomic mass is 10.1. The van der Waals surface area contributed by atoms with Crippen LogP contribution < -0.4 is 4.74 Å². The molecular formula is C14H17N3O4S. The highest BCUT2D eigenvalue weighted by molar-refractivity contribution is 7.91. The number of hydrogen-bond donors (Lipinski definition) is 0. The molecule has 8 heteroatoms. The summed E-state index contributed by atoms with van der Waals surface area (Å²) in [4.78, 5) is 8.48. The Kier molecular flexibility index (Phi) is 4.10. The minimum Gasteiger partial charge on any atom is -0.492 e. The molecule has 3 heterocycles. The average molecular weight is 323 g/mol. The second kappa shape index (κ2) is 6.04. The van der Waals surface area contributed by atoms with Crippen molar-refractivity contribution in [2.75, 3.05) is 18.1 Å². The molecule has 2 aromatic heterocycles. The summed E-state index contributed by atoms with van der Waals surface area (Å²) in [6.07, 6.45) is 3.81. The van der Waals surface area contributed by atoms with E-state index in [1.54, 1.807) is 13.1 Å². The van der Waals surface area contributed by atoms with E-state index in [1.165, 1.54) is 0 Å². The minimum absolute atomic E-state index is 0.0218. The first-order valence-electron chi connectivity index (χ1n) is 7.22. The van der Waals surface area contributed by atoms with Crippen molar-refractivity contribution in [3.63, 3.8) is 0 Å². The number of pyridine rings is 1. The monoisotopic (exact) mass is 323 g/mol. The third-order valence-electron chi connectivity index (χ3n) is 3.56. The Morgan fingerprint density at radius 1 is 1.36 bits per heavy atom. The first-order valence-corrected chi connectivity index (χ1v) is 9.04. The summed E-state index contributed by atoms with van der Waals surface area (Å²) in [6, 6.07) is 1.88. The van der Waals surface area contributed by atoms with Crippen LogP contribution in [0.5, 0.6) is 5.75 Å². The largest absolute Gasteiger partial charge is 0.492 e. The summed E-state index contributed by atoms with van der Waals surface area (Å²) >= 11 is 0. The van der Waals surface area contributed by atoms with Crippen LogP contribution >= 0.6 is 0 Å². The molecule has 0 bridgehead atoms. The summed E-state index contributed by atoms with van der Waals surface area (Å²) in [6.45, 7) is 2.33. The zero-order chi connectivity index (χ0) is 15.6. The number of fused-ring (bicyclic) bond motifs is 1. The van der Waals surface area contributed by atoms with E-state index < -0.39 is 9.84 Å². The Hall–Kier alpha value is -1.96. The van der Waals surface area contributed by atoms with Crippen LogP contribution in [0.1, 0.15) is 24.7 Å². The van der Waals surface area contributed by atoms with Crippen molar-refractivity contribution < 1.29 is 17.7 Å². The quantitative estimate of drug-likeness (QED) is 0.821. The maximum Gasteiger partial charge on any atom is 0.276 e. The van der Waals surface area contributed by atoms with Gasteiger partial charge >= 0.3 is 0 Å². The molecule has 7 nitrogen and oxygen atoms in total. The van der Waals surface area contributed by atoms with Gasteiger partial charge in [0.15, 0.2) is 5.82 Å². The van der Waals surface area contributed by atoms with E-state index in [2.05, 4.69) is 15.1 Å². The van der Waals surface area contributed by atoms with Crippen LogP contribution in [-0.4, -0.2) is 41.7 Å². The molecule has 3 rings (SSSR count). The van der Waals surface area contributed by atoms with Gasteiger partial charge in [-0.2, -0.15) is 4.98 Å². The van der Waals surface area contributed by atoms with Crippen molar-refractivity contribution in [2.45, 2.75) is 26.2 Å². The second-order valence-corrected chi connectivity index (χ2v) is 7.60. The molecule has 0 fully saturated rings. The first kappa shape index (κ1) is 15.0. The van der Waals surface area contributed by atoms with Crippen molar-refractivity contribution in [1.82, 2.24) is 15.1 Å². The van der Waals surface area contributed by atoms with Gasteiger partial charge in [0.05, 0.1) is 18.6 Å². The van der Waals surface area contributed by atoms with Crippen molar-refractivity contribution in [2.24, 2.45) is 0 Å². The average Bonchev–Trinajstić information content (AvgIpc) is 3.02. The third-order valence-corrected chi connectivity index (χ3v) is 5.27. The van der Waals surface area contributed by atoms with Gasteiger partial charge in [0.1, 0.15) is 21.3 Å². The number of ether oxygens (including phenoxy) is 1. The Morgan fingerprint density at radius 3 is 3.05 bits per heavy atom. The number of aryl methyl sites for hydroxylation is 2. The molecule has 22 heavy (non-hydrogen) atoms. The topological polar surface area (TPSA) is 95.2 Å².